The molecule has 1 aromatic rings. The zero-order chi connectivity index (χ0) is 12.6. The lowest BCUT2D eigenvalue weighted by Crippen LogP contribution is -2.35. The molecule has 0 amide bonds. The zero-order valence-electron chi connectivity index (χ0n) is 10.9. The Balaban J connectivity index is 1.63. The summed E-state index contributed by atoms with van der Waals surface area (Å²) in [6.45, 7) is 5.58. The number of nitrogens with one attached hydrogen (secondary N) is 1. The first-order valence-corrected chi connectivity index (χ1v) is 6.86. The van der Waals surface area contributed by atoms with Crippen LogP contribution in [0.25, 0.3) is 0 Å². The van der Waals surface area contributed by atoms with Crippen molar-refractivity contribution in [1.29, 1.82) is 0 Å². The topological polar surface area (TPSA) is 32.3 Å². The molecule has 0 aliphatic carbocycles. The molecule has 1 heterocycles. The van der Waals surface area contributed by atoms with E-state index in [1.807, 2.05) is 24.3 Å². The molecule has 1 aliphatic heterocycles. The Bertz CT molecular complexity index is 355. The van der Waals surface area contributed by atoms with Crippen LogP contribution in [-0.2, 0) is 6.54 Å². The lowest BCUT2D eigenvalue weighted by atomic mass is 10.1. The fourth-order valence-corrected chi connectivity index (χ4v) is 2.37. The Morgan fingerprint density at radius 1 is 1.11 bits per heavy atom. The number of carbonyl (C=O) groups is 1. The molecule has 98 valence electrons. The van der Waals surface area contributed by atoms with Crippen molar-refractivity contribution in [3.05, 3.63) is 35.4 Å². The van der Waals surface area contributed by atoms with E-state index in [4.69, 9.17) is 0 Å². The highest BCUT2D eigenvalue weighted by molar-refractivity contribution is 5.74. The molecule has 18 heavy (non-hydrogen) atoms. The smallest absolute Gasteiger partial charge is 0.150 e. The Morgan fingerprint density at radius 2 is 1.83 bits per heavy atom. The molecule has 0 spiro atoms. The first kappa shape index (κ1) is 13.2. The van der Waals surface area contributed by atoms with Crippen molar-refractivity contribution in [1.82, 2.24) is 10.2 Å². The first-order chi connectivity index (χ1) is 8.88. The molecule has 1 N–H and O–H groups in total. The predicted molar refractivity (Wildman–Crippen MR) is 73.8 cm³/mol. The number of likely N-dealkylation sites (tertiary alicyclic amines) is 1. The summed E-state index contributed by atoms with van der Waals surface area (Å²) in [5.74, 6) is 0. The molecule has 1 aliphatic rings. The monoisotopic (exact) mass is 246 g/mol. The van der Waals surface area contributed by atoms with Crippen molar-refractivity contribution in [3.8, 4) is 0 Å². The van der Waals surface area contributed by atoms with Crippen LogP contribution in [-0.4, -0.2) is 37.4 Å². The van der Waals surface area contributed by atoms with E-state index >= 15 is 0 Å². The van der Waals surface area contributed by atoms with Gasteiger partial charge in [-0.3, -0.25) is 4.79 Å². The molecular weight excluding hydrogens is 224 g/mol. The third-order valence-electron chi connectivity index (χ3n) is 3.50. The molecule has 2 rings (SSSR count). The van der Waals surface area contributed by atoms with E-state index in [9.17, 15) is 4.79 Å². The summed E-state index contributed by atoms with van der Waals surface area (Å²) in [4.78, 5) is 13.1. The van der Waals surface area contributed by atoms with Gasteiger partial charge in [-0.1, -0.05) is 30.7 Å². The third kappa shape index (κ3) is 4.24. The van der Waals surface area contributed by atoms with Crippen LogP contribution >= 0.6 is 0 Å². The number of benzene rings is 1. The van der Waals surface area contributed by atoms with Crippen LogP contribution in [0.3, 0.4) is 0 Å². The van der Waals surface area contributed by atoms with Gasteiger partial charge in [-0.05, 0) is 31.5 Å². The van der Waals surface area contributed by atoms with Crippen LogP contribution in [0.15, 0.2) is 24.3 Å². The van der Waals surface area contributed by atoms with Crippen molar-refractivity contribution in [3.63, 3.8) is 0 Å². The van der Waals surface area contributed by atoms with Crippen molar-refractivity contribution in [2.45, 2.75) is 25.8 Å². The average Bonchev–Trinajstić information content (AvgIpc) is 2.45. The van der Waals surface area contributed by atoms with Crippen molar-refractivity contribution in [2.75, 3.05) is 26.2 Å². The molecule has 1 fully saturated rings. The number of nitrogens with zero attached hydrogens (tertiary/aromatic N) is 1. The first-order valence-electron chi connectivity index (χ1n) is 6.86. The minimum atomic E-state index is 0.743. The minimum Gasteiger partial charge on any atom is -0.311 e. The number of aldehydes is 1. The van der Waals surface area contributed by atoms with Crippen molar-refractivity contribution < 1.29 is 4.79 Å². The molecule has 3 nitrogen and oxygen atoms in total. The number of carbonyl (C=O) groups excluding carboxylic acids is 1. The van der Waals surface area contributed by atoms with E-state index in [1.54, 1.807) is 0 Å². The van der Waals surface area contributed by atoms with E-state index in [0.717, 1.165) is 31.5 Å². The van der Waals surface area contributed by atoms with Crippen LogP contribution in [0.1, 0.15) is 35.2 Å². The molecule has 0 atom stereocenters. The second kappa shape index (κ2) is 7.29. The Morgan fingerprint density at radius 3 is 2.50 bits per heavy atom. The van der Waals surface area contributed by atoms with Gasteiger partial charge in [-0.15, -0.1) is 0 Å². The Hall–Kier alpha value is -1.19. The lowest BCUT2D eigenvalue weighted by Gasteiger charge is -2.26. The minimum absolute atomic E-state index is 0.743. The third-order valence-corrected chi connectivity index (χ3v) is 3.50. The normalized spacial score (nSPS) is 16.7. The largest absolute Gasteiger partial charge is 0.311 e. The van der Waals surface area contributed by atoms with E-state index < -0.39 is 0 Å². The van der Waals surface area contributed by atoms with Gasteiger partial charge in [0, 0.05) is 25.2 Å². The van der Waals surface area contributed by atoms with E-state index in [0.29, 0.717) is 0 Å². The highest BCUT2D eigenvalue weighted by Gasteiger charge is 2.08. The van der Waals surface area contributed by atoms with Gasteiger partial charge in [0.05, 0.1) is 0 Å². The van der Waals surface area contributed by atoms with Gasteiger partial charge >= 0.3 is 0 Å². The fraction of sp³-hybridized carbons (Fsp3) is 0.533. The maximum Gasteiger partial charge on any atom is 0.150 e. The maximum absolute atomic E-state index is 10.5. The van der Waals surface area contributed by atoms with Crippen LogP contribution in [0, 0.1) is 0 Å². The molecular formula is C15H22N2O. The molecule has 1 aromatic carbocycles. The van der Waals surface area contributed by atoms with Gasteiger partial charge in [0.2, 0.25) is 0 Å². The molecule has 3 heteroatoms. The van der Waals surface area contributed by atoms with Gasteiger partial charge in [0.25, 0.3) is 0 Å². The number of piperidine rings is 1. The number of hydrogen-bond donors (Lipinski definition) is 1. The van der Waals surface area contributed by atoms with Crippen molar-refractivity contribution in [2.24, 2.45) is 0 Å². The molecule has 0 unspecified atom stereocenters. The molecule has 0 saturated carbocycles. The number of rotatable bonds is 6. The molecule has 1 saturated heterocycles. The van der Waals surface area contributed by atoms with Gasteiger partial charge in [-0.2, -0.15) is 0 Å². The summed E-state index contributed by atoms with van der Waals surface area (Å²) in [5.41, 5.74) is 1.98. The average molecular weight is 246 g/mol. The van der Waals surface area contributed by atoms with Crippen molar-refractivity contribution >= 4 is 6.29 Å². The van der Waals surface area contributed by atoms with Gasteiger partial charge < -0.3 is 10.2 Å². The fourth-order valence-electron chi connectivity index (χ4n) is 2.37. The van der Waals surface area contributed by atoms with Crippen LogP contribution in [0.2, 0.25) is 0 Å². The maximum atomic E-state index is 10.5. The van der Waals surface area contributed by atoms with E-state index in [1.165, 1.54) is 37.9 Å². The summed E-state index contributed by atoms with van der Waals surface area (Å²) < 4.78 is 0. The lowest BCUT2D eigenvalue weighted by molar-refractivity contribution is 0.112. The van der Waals surface area contributed by atoms with Gasteiger partial charge in [0.15, 0.2) is 0 Å². The highest BCUT2D eigenvalue weighted by Crippen LogP contribution is 2.07. The molecule has 0 bridgehead atoms. The summed E-state index contributed by atoms with van der Waals surface area (Å²) in [5, 5.41) is 3.46. The predicted octanol–water partition coefficient (Wildman–Crippen LogP) is 2.07. The number of hydrogen-bond acceptors (Lipinski definition) is 3. The SMILES string of the molecule is O=Cc1ccc(CNCCN2CCCCC2)cc1. The van der Waals surface area contributed by atoms with Crippen LogP contribution in [0.5, 0.6) is 0 Å². The zero-order valence-corrected chi connectivity index (χ0v) is 10.9. The molecule has 0 aromatic heterocycles. The summed E-state index contributed by atoms with van der Waals surface area (Å²) in [6.07, 6.45) is 4.99. The standard InChI is InChI=1S/C15H22N2O/c18-13-15-6-4-14(5-7-15)12-16-8-11-17-9-2-1-3-10-17/h4-7,13,16H,1-3,8-12H2. The van der Waals surface area contributed by atoms with Gasteiger partial charge in [0.1, 0.15) is 6.29 Å². The summed E-state index contributed by atoms with van der Waals surface area (Å²) in [7, 11) is 0. The van der Waals surface area contributed by atoms with E-state index in [-0.39, 0.29) is 0 Å². The quantitative estimate of drug-likeness (QED) is 0.616. The second-order valence-corrected chi connectivity index (χ2v) is 4.94. The van der Waals surface area contributed by atoms with Crippen LogP contribution in [0.4, 0.5) is 0 Å². The second-order valence-electron chi connectivity index (χ2n) is 4.94. The molecule has 0 radical (unpaired) electrons. The summed E-state index contributed by atoms with van der Waals surface area (Å²) >= 11 is 0. The summed E-state index contributed by atoms with van der Waals surface area (Å²) in [6, 6.07) is 7.76. The van der Waals surface area contributed by atoms with Crippen LogP contribution < -0.4 is 5.32 Å². The Labute approximate surface area is 109 Å². The highest BCUT2D eigenvalue weighted by atomic mass is 16.1. The van der Waals surface area contributed by atoms with E-state index in [2.05, 4.69) is 10.2 Å². The van der Waals surface area contributed by atoms with Gasteiger partial charge in [-0.25, -0.2) is 0 Å². The Kier molecular flexibility index (Phi) is 5.36.